The Morgan fingerprint density at radius 2 is 2.00 bits per heavy atom. The van der Waals surface area contributed by atoms with Crippen LogP contribution >= 0.6 is 11.6 Å². The van der Waals surface area contributed by atoms with E-state index < -0.39 is 17.1 Å². The minimum Gasteiger partial charge on any atom is -0.389 e. The quantitative estimate of drug-likeness (QED) is 0.627. The molecule has 1 aromatic carbocycles. The molecular weight excluding hydrogens is 260 g/mol. The first-order valence-corrected chi connectivity index (χ1v) is 5.86. The van der Waals surface area contributed by atoms with Crippen LogP contribution in [-0.2, 0) is 6.54 Å². The third-order valence-corrected chi connectivity index (χ3v) is 3.33. The predicted octanol–water partition coefficient (Wildman–Crippen LogP) is 0.786. The third-order valence-electron chi connectivity index (χ3n) is 2.98. The van der Waals surface area contributed by atoms with Crippen LogP contribution < -0.4 is 0 Å². The first-order valence-electron chi connectivity index (χ1n) is 5.48. The Balaban J connectivity index is 2.08. The number of rotatable bonds is 3. The molecule has 18 heavy (non-hydrogen) atoms. The number of β-amino-alcohol motifs (C(OH)–C–C–N with tert-alkyl or cyclic N) is 2. The molecule has 2 N–H and O–H groups in total. The van der Waals surface area contributed by atoms with E-state index in [9.17, 15) is 20.3 Å². The van der Waals surface area contributed by atoms with Gasteiger partial charge >= 0.3 is 0 Å². The molecule has 0 aromatic heterocycles. The van der Waals surface area contributed by atoms with Crippen molar-refractivity contribution in [2.45, 2.75) is 18.8 Å². The van der Waals surface area contributed by atoms with Gasteiger partial charge in [-0.05, 0) is 11.6 Å². The fourth-order valence-electron chi connectivity index (χ4n) is 1.99. The Hall–Kier alpha value is -1.21. The molecule has 7 heteroatoms. The molecule has 2 atom stereocenters. The van der Waals surface area contributed by atoms with E-state index in [1.807, 2.05) is 4.90 Å². The van der Waals surface area contributed by atoms with Gasteiger partial charge in [-0.15, -0.1) is 0 Å². The highest BCUT2D eigenvalue weighted by Gasteiger charge is 2.29. The highest BCUT2D eigenvalue weighted by molar-refractivity contribution is 6.31. The smallest absolute Gasteiger partial charge is 0.270 e. The first-order chi connectivity index (χ1) is 8.47. The van der Waals surface area contributed by atoms with Gasteiger partial charge in [0.25, 0.3) is 5.69 Å². The van der Waals surface area contributed by atoms with Crippen molar-refractivity contribution in [3.63, 3.8) is 0 Å². The molecule has 1 aliphatic heterocycles. The standard InChI is InChI=1S/C11H13ClN2O4/c12-9-3-8(14(17)18)2-1-7(9)4-13-5-10(15)11(16)6-13/h1-3,10-11,15-16H,4-6H2/t10-,11+. The third kappa shape index (κ3) is 2.78. The van der Waals surface area contributed by atoms with Crippen molar-refractivity contribution in [3.8, 4) is 0 Å². The molecule has 6 nitrogen and oxygen atoms in total. The first kappa shape index (κ1) is 13.2. The Labute approximate surface area is 109 Å². The van der Waals surface area contributed by atoms with E-state index in [2.05, 4.69) is 0 Å². The Morgan fingerprint density at radius 1 is 1.39 bits per heavy atom. The summed E-state index contributed by atoms with van der Waals surface area (Å²) < 4.78 is 0. The van der Waals surface area contributed by atoms with Gasteiger partial charge in [-0.25, -0.2) is 0 Å². The molecule has 1 aliphatic rings. The normalized spacial score (nSPS) is 24.4. The lowest BCUT2D eigenvalue weighted by atomic mass is 10.2. The van der Waals surface area contributed by atoms with Crippen molar-refractivity contribution in [2.24, 2.45) is 0 Å². The number of nitro groups is 1. The van der Waals surface area contributed by atoms with E-state index >= 15 is 0 Å². The summed E-state index contributed by atoms with van der Waals surface area (Å²) in [5, 5.41) is 29.7. The number of hydrogen-bond acceptors (Lipinski definition) is 5. The maximum atomic E-state index is 10.6. The van der Waals surface area contributed by atoms with Crippen LogP contribution in [0.5, 0.6) is 0 Å². The van der Waals surface area contributed by atoms with E-state index in [4.69, 9.17) is 11.6 Å². The van der Waals surface area contributed by atoms with Gasteiger partial charge in [-0.1, -0.05) is 11.6 Å². The van der Waals surface area contributed by atoms with Crippen molar-refractivity contribution < 1.29 is 15.1 Å². The van der Waals surface area contributed by atoms with Crippen LogP contribution in [0.3, 0.4) is 0 Å². The molecule has 1 saturated heterocycles. The molecule has 0 saturated carbocycles. The number of non-ortho nitro benzene ring substituents is 1. The zero-order valence-corrected chi connectivity index (χ0v) is 10.2. The van der Waals surface area contributed by atoms with Crippen molar-refractivity contribution in [2.75, 3.05) is 13.1 Å². The highest BCUT2D eigenvalue weighted by atomic mass is 35.5. The van der Waals surface area contributed by atoms with Crippen LogP contribution in [0.4, 0.5) is 5.69 Å². The number of nitrogens with zero attached hydrogens (tertiary/aromatic N) is 2. The minimum absolute atomic E-state index is 0.0507. The maximum Gasteiger partial charge on any atom is 0.270 e. The van der Waals surface area contributed by atoms with Crippen LogP contribution in [0.2, 0.25) is 5.02 Å². The summed E-state index contributed by atoms with van der Waals surface area (Å²) in [4.78, 5) is 11.9. The van der Waals surface area contributed by atoms with Gasteiger partial charge < -0.3 is 10.2 Å². The average Bonchev–Trinajstić information content (AvgIpc) is 2.61. The van der Waals surface area contributed by atoms with Gasteiger partial charge in [0.05, 0.1) is 22.2 Å². The second-order valence-electron chi connectivity index (χ2n) is 4.36. The van der Waals surface area contributed by atoms with Crippen LogP contribution in [-0.4, -0.2) is 45.3 Å². The fourth-order valence-corrected chi connectivity index (χ4v) is 2.23. The molecule has 1 heterocycles. The van der Waals surface area contributed by atoms with Crippen molar-refractivity contribution >= 4 is 17.3 Å². The van der Waals surface area contributed by atoms with E-state index in [1.165, 1.54) is 12.1 Å². The molecular formula is C11H13ClN2O4. The predicted molar refractivity (Wildman–Crippen MR) is 65.4 cm³/mol. The molecule has 98 valence electrons. The maximum absolute atomic E-state index is 10.6. The SMILES string of the molecule is O=[N+]([O-])c1ccc(CN2C[C@@H](O)[C@@H](O)C2)c(Cl)c1. The summed E-state index contributed by atoms with van der Waals surface area (Å²) in [5.41, 5.74) is 0.689. The van der Waals surface area contributed by atoms with Gasteiger partial charge in [0, 0.05) is 31.8 Å². The second kappa shape index (κ2) is 5.19. The Bertz CT molecular complexity index is 458. The monoisotopic (exact) mass is 272 g/mol. The summed E-state index contributed by atoms with van der Waals surface area (Å²) in [5.74, 6) is 0. The number of aliphatic hydroxyl groups excluding tert-OH is 2. The van der Waals surface area contributed by atoms with Crippen LogP contribution in [0.15, 0.2) is 18.2 Å². The number of nitro benzene ring substituents is 1. The largest absolute Gasteiger partial charge is 0.389 e. The number of hydrogen-bond donors (Lipinski definition) is 2. The van der Waals surface area contributed by atoms with Gasteiger partial charge in [0.1, 0.15) is 0 Å². The number of benzene rings is 1. The molecule has 0 spiro atoms. The van der Waals surface area contributed by atoms with Crippen molar-refractivity contribution in [1.82, 2.24) is 4.90 Å². The molecule has 0 unspecified atom stereocenters. The number of aliphatic hydroxyl groups is 2. The molecule has 2 rings (SSSR count). The van der Waals surface area contributed by atoms with Crippen LogP contribution in [0.25, 0.3) is 0 Å². The number of halogens is 1. The summed E-state index contributed by atoms with van der Waals surface area (Å²) in [6.45, 7) is 1.19. The second-order valence-corrected chi connectivity index (χ2v) is 4.77. The lowest BCUT2D eigenvalue weighted by Crippen LogP contribution is -2.22. The molecule has 0 aliphatic carbocycles. The minimum atomic E-state index is -0.748. The van der Waals surface area contributed by atoms with Gasteiger partial charge in [-0.3, -0.25) is 15.0 Å². The summed E-state index contributed by atoms with van der Waals surface area (Å²) >= 11 is 5.97. The lowest BCUT2D eigenvalue weighted by molar-refractivity contribution is -0.384. The summed E-state index contributed by atoms with van der Waals surface area (Å²) in [6, 6.07) is 4.29. The van der Waals surface area contributed by atoms with Crippen molar-refractivity contribution in [3.05, 3.63) is 38.9 Å². The molecule has 1 aromatic rings. The average molecular weight is 273 g/mol. The van der Waals surface area contributed by atoms with E-state index in [1.54, 1.807) is 6.07 Å². The summed E-state index contributed by atoms with van der Waals surface area (Å²) in [7, 11) is 0. The molecule has 0 bridgehead atoms. The zero-order valence-electron chi connectivity index (χ0n) is 9.49. The highest BCUT2D eigenvalue weighted by Crippen LogP contribution is 2.24. The lowest BCUT2D eigenvalue weighted by Gasteiger charge is -2.15. The van der Waals surface area contributed by atoms with Gasteiger partial charge in [-0.2, -0.15) is 0 Å². The topological polar surface area (TPSA) is 86.8 Å². The Morgan fingerprint density at radius 3 is 2.50 bits per heavy atom. The number of likely N-dealkylation sites (tertiary alicyclic amines) is 1. The molecule has 0 radical (unpaired) electrons. The van der Waals surface area contributed by atoms with Crippen LogP contribution in [0, 0.1) is 10.1 Å². The van der Waals surface area contributed by atoms with E-state index in [0.29, 0.717) is 24.7 Å². The molecule has 1 fully saturated rings. The molecule has 0 amide bonds. The fraction of sp³-hybridized carbons (Fsp3) is 0.455. The zero-order chi connectivity index (χ0) is 13.3. The van der Waals surface area contributed by atoms with Crippen LogP contribution in [0.1, 0.15) is 5.56 Å². The van der Waals surface area contributed by atoms with Gasteiger partial charge in [0.2, 0.25) is 0 Å². The van der Waals surface area contributed by atoms with E-state index in [-0.39, 0.29) is 5.69 Å². The Kier molecular flexibility index (Phi) is 3.82. The van der Waals surface area contributed by atoms with E-state index in [0.717, 1.165) is 5.56 Å². The van der Waals surface area contributed by atoms with Crippen molar-refractivity contribution in [1.29, 1.82) is 0 Å². The summed E-state index contributed by atoms with van der Waals surface area (Å²) in [6.07, 6.45) is -1.50. The van der Waals surface area contributed by atoms with Gasteiger partial charge in [0.15, 0.2) is 0 Å².